The number of hydrogen-bond acceptors (Lipinski definition) is 3. The molecule has 0 saturated carbocycles. The Balaban J connectivity index is 0.00000208. The first-order valence-electron chi connectivity index (χ1n) is 8.52. The molecule has 3 rings (SSSR count). The Morgan fingerprint density at radius 2 is 2.12 bits per heavy atom. The number of benzene rings is 1. The van der Waals surface area contributed by atoms with Crippen molar-refractivity contribution < 1.29 is 9.53 Å². The molecule has 1 amide bonds. The van der Waals surface area contributed by atoms with Crippen LogP contribution in [0.25, 0.3) is 0 Å². The summed E-state index contributed by atoms with van der Waals surface area (Å²) in [6.45, 7) is 3.30. The fraction of sp³-hybridized carbons (Fsp3) is 0.611. The fourth-order valence-electron chi connectivity index (χ4n) is 3.57. The standard InChI is InChI=1S/C18H25ClN2O2.ClH/c1-20-7-4-13-5-8-21(9-6-13)18(22)15-10-14-11-16(19)2-3-17(14)23-12-15;/h2-3,11,13,15,20H,4-10,12H2,1H3;1H. The van der Waals surface area contributed by atoms with Crippen LogP contribution < -0.4 is 10.1 Å². The molecule has 24 heavy (non-hydrogen) atoms. The van der Waals surface area contributed by atoms with E-state index in [-0.39, 0.29) is 24.2 Å². The monoisotopic (exact) mass is 372 g/mol. The zero-order valence-corrected chi connectivity index (χ0v) is 15.7. The Labute approximate surface area is 155 Å². The predicted molar refractivity (Wildman–Crippen MR) is 99.2 cm³/mol. The van der Waals surface area contributed by atoms with Crippen LogP contribution in [0, 0.1) is 11.8 Å². The van der Waals surface area contributed by atoms with Gasteiger partial charge in [0.25, 0.3) is 0 Å². The van der Waals surface area contributed by atoms with Crippen molar-refractivity contribution in [2.24, 2.45) is 11.8 Å². The summed E-state index contributed by atoms with van der Waals surface area (Å²) in [5.41, 5.74) is 1.05. The van der Waals surface area contributed by atoms with E-state index in [0.29, 0.717) is 11.6 Å². The minimum absolute atomic E-state index is 0. The molecule has 1 aromatic rings. The second-order valence-corrected chi connectivity index (χ2v) is 7.06. The van der Waals surface area contributed by atoms with Gasteiger partial charge >= 0.3 is 0 Å². The molecule has 1 atom stereocenters. The van der Waals surface area contributed by atoms with Gasteiger partial charge in [0.05, 0.1) is 5.92 Å². The number of carbonyl (C=O) groups is 1. The smallest absolute Gasteiger partial charge is 0.229 e. The summed E-state index contributed by atoms with van der Waals surface area (Å²) in [6, 6.07) is 5.64. The van der Waals surface area contributed by atoms with Gasteiger partial charge < -0.3 is 15.0 Å². The molecule has 1 saturated heterocycles. The summed E-state index contributed by atoms with van der Waals surface area (Å²) >= 11 is 6.05. The lowest BCUT2D eigenvalue weighted by atomic mass is 9.91. The number of piperidine rings is 1. The van der Waals surface area contributed by atoms with Crippen molar-refractivity contribution in [1.29, 1.82) is 0 Å². The largest absolute Gasteiger partial charge is 0.492 e. The van der Waals surface area contributed by atoms with Crippen LogP contribution in [-0.2, 0) is 11.2 Å². The van der Waals surface area contributed by atoms with Crippen LogP contribution in [0.5, 0.6) is 5.75 Å². The minimum Gasteiger partial charge on any atom is -0.492 e. The molecule has 0 aliphatic carbocycles. The van der Waals surface area contributed by atoms with Gasteiger partial charge in [-0.15, -0.1) is 12.4 Å². The number of ether oxygens (including phenoxy) is 1. The summed E-state index contributed by atoms with van der Waals surface area (Å²) in [6.07, 6.45) is 4.16. The Morgan fingerprint density at radius 1 is 1.38 bits per heavy atom. The van der Waals surface area contributed by atoms with E-state index >= 15 is 0 Å². The molecule has 134 valence electrons. The first-order valence-corrected chi connectivity index (χ1v) is 8.89. The molecule has 0 bridgehead atoms. The number of carbonyl (C=O) groups excluding carboxylic acids is 1. The van der Waals surface area contributed by atoms with Gasteiger partial charge in [0.1, 0.15) is 12.4 Å². The topological polar surface area (TPSA) is 41.6 Å². The molecule has 1 N–H and O–H groups in total. The number of fused-ring (bicyclic) bond motifs is 1. The third kappa shape index (κ3) is 4.56. The van der Waals surface area contributed by atoms with Gasteiger partial charge in [-0.3, -0.25) is 4.79 Å². The van der Waals surface area contributed by atoms with Crippen LogP contribution >= 0.6 is 24.0 Å². The Kier molecular flexibility index (Phi) is 7.20. The molecular formula is C18H26Cl2N2O2. The van der Waals surface area contributed by atoms with Gasteiger partial charge in [-0.1, -0.05) is 11.6 Å². The third-order valence-corrected chi connectivity index (χ3v) is 5.24. The molecule has 0 aromatic heterocycles. The average Bonchev–Trinajstić information content (AvgIpc) is 2.59. The van der Waals surface area contributed by atoms with Gasteiger partial charge in [0.15, 0.2) is 0 Å². The zero-order chi connectivity index (χ0) is 16.2. The van der Waals surface area contributed by atoms with Gasteiger partial charge in [0.2, 0.25) is 5.91 Å². The van der Waals surface area contributed by atoms with Crippen LogP contribution in [-0.4, -0.2) is 44.1 Å². The van der Waals surface area contributed by atoms with Crippen molar-refractivity contribution in [3.63, 3.8) is 0 Å². The summed E-state index contributed by atoms with van der Waals surface area (Å²) in [4.78, 5) is 14.8. The highest BCUT2D eigenvalue weighted by Gasteiger charge is 2.31. The van der Waals surface area contributed by atoms with Gasteiger partial charge in [-0.25, -0.2) is 0 Å². The highest BCUT2D eigenvalue weighted by atomic mass is 35.5. The van der Waals surface area contributed by atoms with Crippen molar-refractivity contribution in [3.05, 3.63) is 28.8 Å². The molecule has 0 spiro atoms. The van der Waals surface area contributed by atoms with E-state index in [0.717, 1.165) is 56.1 Å². The number of nitrogens with zero attached hydrogens (tertiary/aromatic N) is 1. The molecule has 0 radical (unpaired) electrons. The maximum atomic E-state index is 12.8. The van der Waals surface area contributed by atoms with Crippen LogP contribution in [0.1, 0.15) is 24.8 Å². The molecular weight excluding hydrogens is 347 g/mol. The maximum absolute atomic E-state index is 12.8. The molecule has 2 heterocycles. The lowest BCUT2D eigenvalue weighted by Gasteiger charge is -2.35. The van der Waals surface area contributed by atoms with Crippen molar-refractivity contribution >= 4 is 29.9 Å². The zero-order valence-electron chi connectivity index (χ0n) is 14.1. The molecule has 6 heteroatoms. The van der Waals surface area contributed by atoms with E-state index in [1.807, 2.05) is 30.1 Å². The molecule has 2 aliphatic rings. The van der Waals surface area contributed by atoms with Crippen LogP contribution in [0.15, 0.2) is 18.2 Å². The number of likely N-dealkylation sites (tertiary alicyclic amines) is 1. The number of halogens is 2. The van der Waals surface area contributed by atoms with Crippen LogP contribution in [0.3, 0.4) is 0 Å². The summed E-state index contributed by atoms with van der Waals surface area (Å²) < 4.78 is 5.76. The number of amides is 1. The predicted octanol–water partition coefficient (Wildman–Crippen LogP) is 3.16. The van der Waals surface area contributed by atoms with Gasteiger partial charge in [0, 0.05) is 18.1 Å². The third-order valence-electron chi connectivity index (χ3n) is 5.01. The Bertz CT molecular complexity index is 560. The first kappa shape index (κ1) is 19.4. The summed E-state index contributed by atoms with van der Waals surface area (Å²) in [5, 5.41) is 3.91. The van der Waals surface area contributed by atoms with Gasteiger partial charge in [-0.05, 0) is 69.0 Å². The van der Waals surface area contributed by atoms with Crippen molar-refractivity contribution in [1.82, 2.24) is 10.2 Å². The normalized spacial score (nSPS) is 20.8. The van der Waals surface area contributed by atoms with E-state index in [4.69, 9.17) is 16.3 Å². The number of nitrogens with one attached hydrogen (secondary N) is 1. The lowest BCUT2D eigenvalue weighted by molar-refractivity contribution is -0.138. The molecule has 4 nitrogen and oxygen atoms in total. The molecule has 1 unspecified atom stereocenters. The number of hydrogen-bond donors (Lipinski definition) is 1. The first-order chi connectivity index (χ1) is 11.2. The molecule has 2 aliphatic heterocycles. The van der Waals surface area contributed by atoms with E-state index in [1.54, 1.807) is 0 Å². The summed E-state index contributed by atoms with van der Waals surface area (Å²) in [7, 11) is 1.99. The van der Waals surface area contributed by atoms with E-state index in [9.17, 15) is 4.79 Å². The van der Waals surface area contributed by atoms with Crippen molar-refractivity contribution in [3.8, 4) is 5.75 Å². The second-order valence-electron chi connectivity index (χ2n) is 6.62. The van der Waals surface area contributed by atoms with Crippen LogP contribution in [0.4, 0.5) is 0 Å². The summed E-state index contributed by atoms with van der Waals surface area (Å²) in [5.74, 6) is 1.77. The fourth-order valence-corrected chi connectivity index (χ4v) is 3.77. The lowest BCUT2D eigenvalue weighted by Crippen LogP contribution is -2.45. The SMILES string of the molecule is CNCCC1CCN(C(=O)C2COc3ccc(Cl)cc3C2)CC1.Cl. The highest BCUT2D eigenvalue weighted by molar-refractivity contribution is 6.30. The second kappa shape index (κ2) is 8.93. The van der Waals surface area contributed by atoms with E-state index in [2.05, 4.69) is 5.32 Å². The Hall–Kier alpha value is -0.970. The number of rotatable bonds is 4. The quantitative estimate of drug-likeness (QED) is 0.882. The maximum Gasteiger partial charge on any atom is 0.229 e. The van der Waals surface area contributed by atoms with E-state index < -0.39 is 0 Å². The Morgan fingerprint density at radius 3 is 2.83 bits per heavy atom. The minimum atomic E-state index is -0.0742. The van der Waals surface area contributed by atoms with Crippen molar-refractivity contribution in [2.45, 2.75) is 25.7 Å². The highest BCUT2D eigenvalue weighted by Crippen LogP contribution is 2.31. The van der Waals surface area contributed by atoms with Gasteiger partial charge in [-0.2, -0.15) is 0 Å². The van der Waals surface area contributed by atoms with E-state index in [1.165, 1.54) is 6.42 Å². The van der Waals surface area contributed by atoms with Crippen molar-refractivity contribution in [2.75, 3.05) is 33.3 Å². The molecule has 1 fully saturated rings. The molecule has 1 aromatic carbocycles. The average molecular weight is 373 g/mol. The van der Waals surface area contributed by atoms with Crippen LogP contribution in [0.2, 0.25) is 5.02 Å².